The molecule has 0 aliphatic heterocycles. The molecular formula is C22H21F2NO3. The molecule has 1 heterocycles. The highest BCUT2D eigenvalue weighted by Crippen LogP contribution is 2.37. The van der Waals surface area contributed by atoms with Gasteiger partial charge in [0.05, 0.1) is 12.5 Å². The fourth-order valence-corrected chi connectivity index (χ4v) is 4.30. The van der Waals surface area contributed by atoms with Gasteiger partial charge in [0.15, 0.2) is 17.5 Å². The standard InChI is InChI=1S/C22H21F2NO3/c23-18-9-16-12-25(21(26)17(16)10-19(18)24)11-13-5-7-15(8-6-13)20(22(27)28)14-3-1-2-4-14/h5-10,12,14,20,26H,1-4,11H2,(H,27,28). The number of aliphatic carboxylic acids is 1. The highest BCUT2D eigenvalue weighted by molar-refractivity contribution is 5.88. The van der Waals surface area contributed by atoms with Crippen molar-refractivity contribution in [3.8, 4) is 5.88 Å². The maximum Gasteiger partial charge on any atom is 0.311 e. The summed E-state index contributed by atoms with van der Waals surface area (Å²) in [5.74, 6) is -3.21. The zero-order chi connectivity index (χ0) is 19.8. The van der Waals surface area contributed by atoms with Crippen molar-refractivity contribution in [2.45, 2.75) is 38.1 Å². The Morgan fingerprint density at radius 2 is 1.75 bits per heavy atom. The van der Waals surface area contributed by atoms with Crippen molar-refractivity contribution in [3.05, 3.63) is 65.4 Å². The predicted octanol–water partition coefficient (Wildman–Crippen LogP) is 5.03. The van der Waals surface area contributed by atoms with E-state index < -0.39 is 23.5 Å². The normalized spacial score (nSPS) is 15.9. The molecule has 28 heavy (non-hydrogen) atoms. The molecular weight excluding hydrogens is 364 g/mol. The van der Waals surface area contributed by atoms with Crippen molar-refractivity contribution in [1.29, 1.82) is 0 Å². The van der Waals surface area contributed by atoms with Crippen LogP contribution in [0, 0.1) is 17.6 Å². The summed E-state index contributed by atoms with van der Waals surface area (Å²) in [4.78, 5) is 11.8. The van der Waals surface area contributed by atoms with E-state index in [1.54, 1.807) is 6.20 Å². The Hall–Kier alpha value is -2.89. The van der Waals surface area contributed by atoms with E-state index >= 15 is 0 Å². The van der Waals surface area contributed by atoms with Gasteiger partial charge in [0.25, 0.3) is 0 Å². The zero-order valence-electron chi connectivity index (χ0n) is 15.2. The molecule has 146 valence electrons. The van der Waals surface area contributed by atoms with Crippen LogP contribution in [0.3, 0.4) is 0 Å². The van der Waals surface area contributed by atoms with Crippen LogP contribution in [0.4, 0.5) is 8.78 Å². The number of rotatable bonds is 5. The van der Waals surface area contributed by atoms with Gasteiger partial charge in [-0.1, -0.05) is 37.1 Å². The topological polar surface area (TPSA) is 62.5 Å². The maximum absolute atomic E-state index is 13.4. The molecule has 0 bridgehead atoms. The van der Waals surface area contributed by atoms with Crippen LogP contribution in [-0.4, -0.2) is 20.7 Å². The van der Waals surface area contributed by atoms with E-state index in [0.29, 0.717) is 11.9 Å². The maximum atomic E-state index is 13.4. The molecule has 0 spiro atoms. The van der Waals surface area contributed by atoms with Gasteiger partial charge in [0.1, 0.15) is 0 Å². The summed E-state index contributed by atoms with van der Waals surface area (Å²) in [6.07, 6.45) is 5.60. The average Bonchev–Trinajstić information content (AvgIpc) is 3.27. The SMILES string of the molecule is O=C(O)C(c1ccc(Cn2cc3cc(F)c(F)cc3c2O)cc1)C1CCCC1. The van der Waals surface area contributed by atoms with Crippen molar-refractivity contribution in [2.24, 2.45) is 5.92 Å². The number of carbonyl (C=O) groups is 1. The number of carboxylic acid groups (broad SMARTS) is 1. The van der Waals surface area contributed by atoms with E-state index in [1.807, 2.05) is 24.3 Å². The number of hydrogen-bond acceptors (Lipinski definition) is 2. The summed E-state index contributed by atoms with van der Waals surface area (Å²) in [5, 5.41) is 20.6. The molecule has 0 radical (unpaired) electrons. The van der Waals surface area contributed by atoms with Crippen LogP contribution in [-0.2, 0) is 11.3 Å². The number of nitrogens with zero attached hydrogens (tertiary/aromatic N) is 1. The molecule has 1 unspecified atom stereocenters. The van der Waals surface area contributed by atoms with Crippen LogP contribution in [0.2, 0.25) is 0 Å². The van der Waals surface area contributed by atoms with Gasteiger partial charge in [0.2, 0.25) is 0 Å². The molecule has 2 aromatic carbocycles. The summed E-state index contributed by atoms with van der Waals surface area (Å²) in [6, 6.07) is 9.37. The molecule has 6 heteroatoms. The molecule has 1 fully saturated rings. The highest BCUT2D eigenvalue weighted by Gasteiger charge is 2.31. The van der Waals surface area contributed by atoms with E-state index in [0.717, 1.165) is 48.9 Å². The summed E-state index contributed by atoms with van der Waals surface area (Å²) in [5.41, 5.74) is 1.64. The Morgan fingerprint density at radius 1 is 1.11 bits per heavy atom. The van der Waals surface area contributed by atoms with Crippen LogP contribution >= 0.6 is 0 Å². The van der Waals surface area contributed by atoms with Gasteiger partial charge in [-0.25, -0.2) is 8.78 Å². The molecule has 0 amide bonds. The van der Waals surface area contributed by atoms with Crippen LogP contribution in [0.1, 0.15) is 42.7 Å². The van der Waals surface area contributed by atoms with Crippen molar-refractivity contribution in [1.82, 2.24) is 4.57 Å². The highest BCUT2D eigenvalue weighted by atomic mass is 19.2. The molecule has 0 saturated heterocycles. The average molecular weight is 385 g/mol. The number of aromatic hydroxyl groups is 1. The first kappa shape index (κ1) is 18.5. The van der Waals surface area contributed by atoms with Crippen molar-refractivity contribution in [3.63, 3.8) is 0 Å². The minimum Gasteiger partial charge on any atom is -0.494 e. The van der Waals surface area contributed by atoms with Crippen molar-refractivity contribution in [2.75, 3.05) is 0 Å². The van der Waals surface area contributed by atoms with Gasteiger partial charge in [-0.15, -0.1) is 0 Å². The zero-order valence-corrected chi connectivity index (χ0v) is 15.2. The number of fused-ring (bicyclic) bond motifs is 1. The van der Waals surface area contributed by atoms with Gasteiger partial charge >= 0.3 is 5.97 Å². The van der Waals surface area contributed by atoms with Gasteiger partial charge in [0, 0.05) is 17.0 Å². The molecule has 4 nitrogen and oxygen atoms in total. The Kier molecular flexibility index (Phi) is 4.79. The lowest BCUT2D eigenvalue weighted by Gasteiger charge is -2.20. The van der Waals surface area contributed by atoms with E-state index in [4.69, 9.17) is 0 Å². The largest absolute Gasteiger partial charge is 0.494 e. The molecule has 2 N–H and O–H groups in total. The Labute approximate surface area is 161 Å². The summed E-state index contributed by atoms with van der Waals surface area (Å²) >= 11 is 0. The second-order valence-electron chi connectivity index (χ2n) is 7.54. The van der Waals surface area contributed by atoms with E-state index in [1.165, 1.54) is 4.57 Å². The lowest BCUT2D eigenvalue weighted by Crippen LogP contribution is -2.19. The van der Waals surface area contributed by atoms with Gasteiger partial charge in [-0.05, 0) is 42.0 Å². The van der Waals surface area contributed by atoms with Gasteiger partial charge < -0.3 is 14.8 Å². The lowest BCUT2D eigenvalue weighted by atomic mass is 9.84. The van der Waals surface area contributed by atoms with Gasteiger partial charge in [-0.2, -0.15) is 0 Å². The first-order valence-electron chi connectivity index (χ1n) is 9.42. The van der Waals surface area contributed by atoms with Crippen LogP contribution in [0.25, 0.3) is 10.8 Å². The molecule has 1 saturated carbocycles. The minimum atomic E-state index is -1.00. The number of halogens is 2. The Morgan fingerprint density at radius 3 is 2.39 bits per heavy atom. The second-order valence-corrected chi connectivity index (χ2v) is 7.54. The third-order valence-corrected chi connectivity index (χ3v) is 5.73. The lowest BCUT2D eigenvalue weighted by molar-refractivity contribution is -0.140. The fraction of sp³-hybridized carbons (Fsp3) is 0.318. The minimum absolute atomic E-state index is 0.132. The third-order valence-electron chi connectivity index (χ3n) is 5.73. The molecule has 1 atom stereocenters. The smallest absolute Gasteiger partial charge is 0.311 e. The molecule has 1 aromatic heterocycles. The van der Waals surface area contributed by atoms with Crippen LogP contribution < -0.4 is 0 Å². The van der Waals surface area contributed by atoms with Crippen molar-refractivity contribution < 1.29 is 23.8 Å². The summed E-state index contributed by atoms with van der Waals surface area (Å²) < 4.78 is 28.4. The van der Waals surface area contributed by atoms with Crippen molar-refractivity contribution >= 4 is 16.7 Å². The number of aromatic nitrogens is 1. The molecule has 1 aliphatic carbocycles. The summed E-state index contributed by atoms with van der Waals surface area (Å²) in [7, 11) is 0. The summed E-state index contributed by atoms with van der Waals surface area (Å²) in [6.45, 7) is 0.311. The van der Waals surface area contributed by atoms with E-state index in [9.17, 15) is 23.8 Å². The first-order chi connectivity index (χ1) is 13.4. The van der Waals surface area contributed by atoms with Crippen LogP contribution in [0.15, 0.2) is 42.6 Å². The Balaban J connectivity index is 1.58. The molecule has 4 rings (SSSR count). The number of benzene rings is 2. The second kappa shape index (κ2) is 7.26. The third kappa shape index (κ3) is 3.35. The number of carboxylic acids is 1. The Bertz CT molecular complexity index is 1020. The quantitative estimate of drug-likeness (QED) is 0.647. The predicted molar refractivity (Wildman–Crippen MR) is 101 cm³/mol. The monoisotopic (exact) mass is 385 g/mol. The van der Waals surface area contributed by atoms with E-state index in [-0.39, 0.29) is 17.2 Å². The first-order valence-corrected chi connectivity index (χ1v) is 9.42. The molecule has 1 aliphatic rings. The fourth-order valence-electron chi connectivity index (χ4n) is 4.30. The van der Waals surface area contributed by atoms with E-state index in [2.05, 4.69) is 0 Å². The van der Waals surface area contributed by atoms with Gasteiger partial charge in [-0.3, -0.25) is 4.79 Å². The van der Waals surface area contributed by atoms with Crippen LogP contribution in [0.5, 0.6) is 5.88 Å². The number of hydrogen-bond donors (Lipinski definition) is 2. The molecule has 3 aromatic rings.